The molecule has 1 aromatic rings. The van der Waals surface area contributed by atoms with Crippen LogP contribution in [0.25, 0.3) is 0 Å². The molecule has 5 nitrogen and oxygen atoms in total. The van der Waals surface area contributed by atoms with E-state index < -0.39 is 17.7 Å². The normalized spacial score (nSPS) is 10.8. The van der Waals surface area contributed by atoms with E-state index in [1.807, 2.05) is 27.7 Å². The van der Waals surface area contributed by atoms with Crippen molar-refractivity contribution in [2.75, 3.05) is 11.4 Å². The highest BCUT2D eigenvalue weighted by Crippen LogP contribution is 2.23. The Labute approximate surface area is 119 Å². The topological polar surface area (TPSA) is 55.8 Å². The van der Waals surface area contributed by atoms with E-state index in [2.05, 4.69) is 0 Å². The molecule has 0 aliphatic heterocycles. The predicted molar refractivity (Wildman–Crippen MR) is 77.0 cm³/mol. The van der Waals surface area contributed by atoms with Crippen LogP contribution in [0.3, 0.4) is 0 Å². The lowest BCUT2D eigenvalue weighted by molar-refractivity contribution is -0.131. The Morgan fingerprint density at radius 2 is 1.90 bits per heavy atom. The maximum atomic E-state index is 12.1. The molecule has 1 aromatic carbocycles. The van der Waals surface area contributed by atoms with E-state index >= 15 is 0 Å². The molecule has 0 saturated carbocycles. The summed E-state index contributed by atoms with van der Waals surface area (Å²) in [6, 6.07) is 6.78. The standard InChI is InChI=1S/C15H21NO4/c1-6-16(14(18)20-15(3,4)5)12-8-7-9-13(10-12)19-11(2)17/h7-10H,6H2,1-5H3. The average Bonchev–Trinajstić information content (AvgIpc) is 2.26. The molecule has 0 N–H and O–H groups in total. The van der Waals surface area contributed by atoms with Crippen molar-refractivity contribution in [2.24, 2.45) is 0 Å². The third kappa shape index (κ3) is 4.91. The number of rotatable bonds is 3. The summed E-state index contributed by atoms with van der Waals surface area (Å²) >= 11 is 0. The fraction of sp³-hybridized carbons (Fsp3) is 0.467. The van der Waals surface area contributed by atoms with Crippen molar-refractivity contribution in [3.63, 3.8) is 0 Å². The lowest BCUT2D eigenvalue weighted by Crippen LogP contribution is -2.36. The summed E-state index contributed by atoms with van der Waals surface area (Å²) in [5.74, 6) is -0.000486. The summed E-state index contributed by atoms with van der Waals surface area (Å²) in [6.07, 6.45) is -0.431. The van der Waals surface area contributed by atoms with Crippen molar-refractivity contribution in [3.8, 4) is 5.75 Å². The second-order valence-electron chi connectivity index (χ2n) is 5.32. The molecule has 1 rings (SSSR count). The molecule has 5 heteroatoms. The number of amides is 1. The Morgan fingerprint density at radius 1 is 1.25 bits per heavy atom. The molecule has 0 aliphatic carbocycles. The third-order valence-electron chi connectivity index (χ3n) is 2.32. The summed E-state index contributed by atoms with van der Waals surface area (Å²) in [7, 11) is 0. The zero-order valence-electron chi connectivity index (χ0n) is 12.6. The number of anilines is 1. The summed E-state index contributed by atoms with van der Waals surface area (Å²) in [5, 5.41) is 0. The molecular formula is C15H21NO4. The van der Waals surface area contributed by atoms with E-state index in [0.717, 1.165) is 0 Å². The summed E-state index contributed by atoms with van der Waals surface area (Å²) in [4.78, 5) is 24.6. The minimum Gasteiger partial charge on any atom is -0.443 e. The monoisotopic (exact) mass is 279 g/mol. The van der Waals surface area contributed by atoms with E-state index in [0.29, 0.717) is 18.0 Å². The Hall–Kier alpha value is -2.04. The first-order valence-corrected chi connectivity index (χ1v) is 6.52. The number of esters is 1. The minimum absolute atomic E-state index is 0.400. The number of carbonyl (C=O) groups is 2. The Bertz CT molecular complexity index is 491. The number of nitrogens with zero attached hydrogens (tertiary/aromatic N) is 1. The second kappa shape index (κ2) is 6.41. The molecule has 0 radical (unpaired) electrons. The van der Waals surface area contributed by atoms with Crippen LogP contribution in [0.4, 0.5) is 10.5 Å². The van der Waals surface area contributed by atoms with E-state index in [4.69, 9.17) is 9.47 Å². The lowest BCUT2D eigenvalue weighted by atomic mass is 10.2. The van der Waals surface area contributed by atoms with Gasteiger partial charge >= 0.3 is 12.1 Å². The van der Waals surface area contributed by atoms with Crippen LogP contribution in [0.2, 0.25) is 0 Å². The molecule has 0 saturated heterocycles. The summed E-state index contributed by atoms with van der Waals surface area (Å²) in [5.41, 5.74) is 0.0679. The van der Waals surface area contributed by atoms with Crippen LogP contribution in [0.15, 0.2) is 24.3 Å². The molecular weight excluding hydrogens is 258 g/mol. The molecule has 0 aromatic heterocycles. The van der Waals surface area contributed by atoms with Crippen molar-refractivity contribution >= 4 is 17.7 Å². The molecule has 0 aliphatic rings. The van der Waals surface area contributed by atoms with Crippen LogP contribution < -0.4 is 9.64 Å². The largest absolute Gasteiger partial charge is 0.443 e. The number of carbonyl (C=O) groups excluding carboxylic acids is 2. The Balaban J connectivity index is 2.94. The minimum atomic E-state index is -0.558. The lowest BCUT2D eigenvalue weighted by Gasteiger charge is -2.26. The van der Waals surface area contributed by atoms with Crippen molar-refractivity contribution in [1.29, 1.82) is 0 Å². The van der Waals surface area contributed by atoms with Gasteiger partial charge in [0.05, 0.1) is 5.69 Å². The van der Waals surface area contributed by atoms with Crippen LogP contribution in [0.1, 0.15) is 34.6 Å². The van der Waals surface area contributed by atoms with E-state index in [9.17, 15) is 9.59 Å². The summed E-state index contributed by atoms with van der Waals surface area (Å²) in [6.45, 7) is 9.08. The maximum absolute atomic E-state index is 12.1. The maximum Gasteiger partial charge on any atom is 0.414 e. The van der Waals surface area contributed by atoms with Crippen LogP contribution in [0.5, 0.6) is 5.75 Å². The van der Waals surface area contributed by atoms with Gasteiger partial charge in [0, 0.05) is 19.5 Å². The van der Waals surface area contributed by atoms with Crippen molar-refractivity contribution in [2.45, 2.75) is 40.2 Å². The van der Waals surface area contributed by atoms with Gasteiger partial charge in [0.1, 0.15) is 11.4 Å². The first kappa shape index (κ1) is 16.0. The predicted octanol–water partition coefficient (Wildman–Crippen LogP) is 3.37. The van der Waals surface area contributed by atoms with Gasteiger partial charge in [-0.25, -0.2) is 4.79 Å². The van der Waals surface area contributed by atoms with Crippen LogP contribution in [-0.4, -0.2) is 24.2 Å². The highest BCUT2D eigenvalue weighted by atomic mass is 16.6. The fourth-order valence-electron chi connectivity index (χ4n) is 1.61. The van der Waals surface area contributed by atoms with Crippen LogP contribution in [-0.2, 0) is 9.53 Å². The molecule has 0 fully saturated rings. The molecule has 20 heavy (non-hydrogen) atoms. The van der Waals surface area contributed by atoms with Gasteiger partial charge in [-0.15, -0.1) is 0 Å². The van der Waals surface area contributed by atoms with Gasteiger partial charge < -0.3 is 9.47 Å². The van der Waals surface area contributed by atoms with E-state index in [-0.39, 0.29) is 0 Å². The molecule has 0 unspecified atom stereocenters. The fourth-order valence-corrected chi connectivity index (χ4v) is 1.61. The molecule has 0 spiro atoms. The highest BCUT2D eigenvalue weighted by Gasteiger charge is 2.22. The molecule has 0 bridgehead atoms. The van der Waals surface area contributed by atoms with Crippen molar-refractivity contribution in [3.05, 3.63) is 24.3 Å². The first-order chi connectivity index (χ1) is 9.23. The zero-order chi connectivity index (χ0) is 15.3. The van der Waals surface area contributed by atoms with E-state index in [1.165, 1.54) is 11.8 Å². The van der Waals surface area contributed by atoms with Gasteiger partial charge in [0.2, 0.25) is 0 Å². The molecule has 0 atom stereocenters. The number of hydrogen-bond donors (Lipinski definition) is 0. The smallest absolute Gasteiger partial charge is 0.414 e. The average molecular weight is 279 g/mol. The summed E-state index contributed by atoms with van der Waals surface area (Å²) < 4.78 is 10.4. The quantitative estimate of drug-likeness (QED) is 0.628. The zero-order valence-corrected chi connectivity index (χ0v) is 12.6. The van der Waals surface area contributed by atoms with Crippen molar-refractivity contribution < 1.29 is 19.1 Å². The van der Waals surface area contributed by atoms with Crippen LogP contribution >= 0.6 is 0 Å². The van der Waals surface area contributed by atoms with Gasteiger partial charge in [-0.3, -0.25) is 9.69 Å². The Morgan fingerprint density at radius 3 is 2.40 bits per heavy atom. The molecule has 1 amide bonds. The number of ether oxygens (including phenoxy) is 2. The van der Waals surface area contributed by atoms with Gasteiger partial charge in [0.25, 0.3) is 0 Å². The van der Waals surface area contributed by atoms with Crippen molar-refractivity contribution in [1.82, 2.24) is 0 Å². The Kier molecular flexibility index (Phi) is 5.13. The number of benzene rings is 1. The van der Waals surface area contributed by atoms with Crippen LogP contribution in [0, 0.1) is 0 Å². The third-order valence-corrected chi connectivity index (χ3v) is 2.32. The SMILES string of the molecule is CCN(C(=O)OC(C)(C)C)c1cccc(OC(C)=O)c1. The van der Waals surface area contributed by atoms with E-state index in [1.54, 1.807) is 24.3 Å². The van der Waals surface area contributed by atoms with Gasteiger partial charge in [0.15, 0.2) is 0 Å². The molecule has 0 heterocycles. The number of hydrogen-bond acceptors (Lipinski definition) is 4. The van der Waals surface area contributed by atoms with Gasteiger partial charge in [-0.1, -0.05) is 6.07 Å². The highest BCUT2D eigenvalue weighted by molar-refractivity contribution is 5.88. The van der Waals surface area contributed by atoms with Gasteiger partial charge in [-0.2, -0.15) is 0 Å². The molecule has 110 valence electrons. The second-order valence-corrected chi connectivity index (χ2v) is 5.32. The van der Waals surface area contributed by atoms with Gasteiger partial charge in [-0.05, 0) is 39.8 Å². The first-order valence-electron chi connectivity index (χ1n) is 6.52.